The molecule has 0 radical (unpaired) electrons. The van der Waals surface area contributed by atoms with E-state index in [9.17, 15) is 22.8 Å². The Morgan fingerprint density at radius 3 is 2.21 bits per heavy atom. The number of alkyl halides is 3. The zero-order valence-electron chi connectivity index (χ0n) is 6.58. The van der Waals surface area contributed by atoms with Crippen molar-refractivity contribution in [3.05, 3.63) is 0 Å². The minimum atomic E-state index is -5.26. The summed E-state index contributed by atoms with van der Waals surface area (Å²) >= 11 is 0. The van der Waals surface area contributed by atoms with E-state index in [1.165, 1.54) is 0 Å². The molecule has 0 saturated heterocycles. The highest BCUT2D eigenvalue weighted by molar-refractivity contribution is 5.78. The average molecular weight is 217 g/mol. The summed E-state index contributed by atoms with van der Waals surface area (Å²) < 4.78 is 34.3. The van der Waals surface area contributed by atoms with Gasteiger partial charge in [-0.05, 0) is 0 Å². The first-order valence-corrected chi connectivity index (χ1v) is 3.15. The molecular formula is C5H6F3NO5. The van der Waals surface area contributed by atoms with Gasteiger partial charge in [-0.25, -0.2) is 19.4 Å². The molecule has 3 N–H and O–H groups in total. The van der Waals surface area contributed by atoms with Crippen LogP contribution in [-0.4, -0.2) is 35.9 Å². The molecule has 0 spiro atoms. The number of carbonyl (C=O) groups excluding carboxylic acids is 2. The van der Waals surface area contributed by atoms with E-state index in [2.05, 4.69) is 9.78 Å². The van der Waals surface area contributed by atoms with Crippen LogP contribution in [0.2, 0.25) is 0 Å². The molecule has 0 aromatic carbocycles. The van der Waals surface area contributed by atoms with Crippen LogP contribution >= 0.6 is 0 Å². The molecule has 6 nitrogen and oxygen atoms in total. The number of halogens is 3. The van der Waals surface area contributed by atoms with E-state index in [1.54, 1.807) is 0 Å². The minimum Gasteiger partial charge on any atom is -0.394 e. The van der Waals surface area contributed by atoms with Gasteiger partial charge in [0.05, 0.1) is 6.61 Å². The van der Waals surface area contributed by atoms with Crippen molar-refractivity contribution < 1.29 is 37.6 Å². The van der Waals surface area contributed by atoms with Crippen molar-refractivity contribution in [3.8, 4) is 0 Å². The third kappa shape index (κ3) is 4.05. The van der Waals surface area contributed by atoms with Crippen LogP contribution in [0.3, 0.4) is 0 Å². The van der Waals surface area contributed by atoms with Crippen LogP contribution in [-0.2, 0) is 19.4 Å². The summed E-state index contributed by atoms with van der Waals surface area (Å²) in [6.45, 7) is -0.845. The van der Waals surface area contributed by atoms with E-state index in [4.69, 9.17) is 10.8 Å². The van der Waals surface area contributed by atoms with Gasteiger partial charge in [0.25, 0.3) is 0 Å². The van der Waals surface area contributed by atoms with E-state index >= 15 is 0 Å². The second kappa shape index (κ2) is 4.77. The van der Waals surface area contributed by atoms with E-state index in [0.717, 1.165) is 0 Å². The molecule has 0 saturated carbocycles. The molecule has 0 aliphatic rings. The maximum Gasteiger partial charge on any atom is 0.495 e. The van der Waals surface area contributed by atoms with Gasteiger partial charge >= 0.3 is 18.1 Å². The molecule has 1 atom stereocenters. The predicted molar refractivity (Wildman–Crippen MR) is 33.3 cm³/mol. The maximum absolute atomic E-state index is 11.4. The second-order valence-electron chi connectivity index (χ2n) is 2.06. The van der Waals surface area contributed by atoms with Crippen LogP contribution in [0.4, 0.5) is 13.2 Å². The molecule has 0 fully saturated rings. The molecule has 9 heteroatoms. The average Bonchev–Trinajstić information content (AvgIpc) is 2.10. The molecule has 0 amide bonds. The number of nitrogens with two attached hydrogens (primary N) is 1. The van der Waals surface area contributed by atoms with E-state index in [1.807, 2.05) is 0 Å². The molecule has 1 unspecified atom stereocenters. The highest BCUT2D eigenvalue weighted by Gasteiger charge is 2.43. The third-order valence-electron chi connectivity index (χ3n) is 0.930. The van der Waals surface area contributed by atoms with Gasteiger partial charge in [-0.15, -0.1) is 0 Å². The number of rotatable bonds is 2. The molecule has 0 aromatic heterocycles. The normalized spacial score (nSPS) is 13.2. The zero-order chi connectivity index (χ0) is 11.4. The standard InChI is InChI=1S/C5H6F3NO5/c6-5(7,8)4(12)14-13-3(11)2(9)1-10/h2,10H,1,9H2. The molecule has 0 bridgehead atoms. The van der Waals surface area contributed by atoms with Crippen molar-refractivity contribution in [2.24, 2.45) is 5.73 Å². The van der Waals surface area contributed by atoms with Gasteiger partial charge in [0, 0.05) is 0 Å². The Kier molecular flexibility index (Phi) is 4.31. The molecule has 82 valence electrons. The first-order valence-electron chi connectivity index (χ1n) is 3.15. The van der Waals surface area contributed by atoms with Gasteiger partial charge in [-0.1, -0.05) is 0 Å². The highest BCUT2D eigenvalue weighted by Crippen LogP contribution is 2.16. The summed E-state index contributed by atoms with van der Waals surface area (Å²) in [6.07, 6.45) is -5.26. The van der Waals surface area contributed by atoms with Gasteiger partial charge in [0.1, 0.15) is 6.04 Å². The Morgan fingerprint density at radius 1 is 1.36 bits per heavy atom. The monoisotopic (exact) mass is 217 g/mol. The fourth-order valence-corrected chi connectivity index (χ4v) is 0.262. The number of hydrogen-bond donors (Lipinski definition) is 2. The lowest BCUT2D eigenvalue weighted by Gasteiger charge is -2.07. The summed E-state index contributed by atoms with van der Waals surface area (Å²) in [5, 5.41) is 8.24. The first kappa shape index (κ1) is 12.7. The van der Waals surface area contributed by atoms with Crippen LogP contribution in [0.5, 0.6) is 0 Å². The van der Waals surface area contributed by atoms with Crippen LogP contribution in [0.15, 0.2) is 0 Å². The Morgan fingerprint density at radius 2 is 1.86 bits per heavy atom. The topological polar surface area (TPSA) is 98.8 Å². The van der Waals surface area contributed by atoms with Gasteiger partial charge in [0.15, 0.2) is 0 Å². The van der Waals surface area contributed by atoms with Crippen molar-refractivity contribution in [1.82, 2.24) is 0 Å². The summed E-state index contributed by atoms with van der Waals surface area (Å²) in [5.74, 6) is -4.17. The molecule has 0 aromatic rings. The van der Waals surface area contributed by atoms with Gasteiger partial charge in [-0.2, -0.15) is 13.2 Å². The highest BCUT2D eigenvalue weighted by atomic mass is 19.4. The van der Waals surface area contributed by atoms with Crippen molar-refractivity contribution in [1.29, 1.82) is 0 Å². The number of aliphatic hydroxyl groups excluding tert-OH is 1. The molecule has 0 aliphatic heterocycles. The third-order valence-corrected chi connectivity index (χ3v) is 0.930. The number of hydrogen-bond acceptors (Lipinski definition) is 6. The molecular weight excluding hydrogens is 211 g/mol. The summed E-state index contributed by atoms with van der Waals surface area (Å²) in [7, 11) is 0. The molecule has 0 rings (SSSR count). The lowest BCUT2D eigenvalue weighted by Crippen LogP contribution is -2.37. The first-order chi connectivity index (χ1) is 6.29. The molecule has 0 aliphatic carbocycles. The van der Waals surface area contributed by atoms with Crippen LogP contribution < -0.4 is 5.73 Å². The van der Waals surface area contributed by atoms with Gasteiger partial charge < -0.3 is 10.8 Å². The largest absolute Gasteiger partial charge is 0.495 e. The van der Waals surface area contributed by atoms with Crippen LogP contribution in [0, 0.1) is 0 Å². The Bertz CT molecular complexity index is 228. The maximum atomic E-state index is 11.4. The summed E-state index contributed by atoms with van der Waals surface area (Å²) in [5.41, 5.74) is 4.81. The van der Waals surface area contributed by atoms with E-state index in [0.29, 0.717) is 0 Å². The van der Waals surface area contributed by atoms with Crippen LogP contribution in [0.25, 0.3) is 0 Å². The molecule has 0 heterocycles. The Labute approximate surface area is 75.3 Å². The quantitative estimate of drug-likeness (QED) is 0.448. The van der Waals surface area contributed by atoms with E-state index < -0.39 is 30.8 Å². The SMILES string of the molecule is NC(CO)C(=O)OOC(=O)C(F)(F)F. The fourth-order valence-electron chi connectivity index (χ4n) is 0.262. The lowest BCUT2D eigenvalue weighted by molar-refractivity contribution is -0.286. The van der Waals surface area contributed by atoms with Gasteiger partial charge in [-0.3, -0.25) is 0 Å². The van der Waals surface area contributed by atoms with Crippen molar-refractivity contribution in [2.75, 3.05) is 6.61 Å². The molecule has 14 heavy (non-hydrogen) atoms. The second-order valence-corrected chi connectivity index (χ2v) is 2.06. The fraction of sp³-hybridized carbons (Fsp3) is 0.600. The Hall–Kier alpha value is -1.35. The minimum absolute atomic E-state index is 0.845. The van der Waals surface area contributed by atoms with Gasteiger partial charge in [0.2, 0.25) is 0 Å². The summed E-state index contributed by atoms with van der Waals surface area (Å²) in [4.78, 5) is 26.9. The number of carbonyl (C=O) groups is 2. The van der Waals surface area contributed by atoms with E-state index in [-0.39, 0.29) is 0 Å². The predicted octanol–water partition coefficient (Wildman–Crippen LogP) is -1.13. The van der Waals surface area contributed by atoms with Crippen LogP contribution in [0.1, 0.15) is 0 Å². The number of aliphatic hydroxyl groups is 1. The zero-order valence-corrected chi connectivity index (χ0v) is 6.58. The lowest BCUT2D eigenvalue weighted by atomic mass is 10.3. The summed E-state index contributed by atoms with van der Waals surface area (Å²) in [6, 6.07) is -1.56. The van der Waals surface area contributed by atoms with Crippen molar-refractivity contribution in [2.45, 2.75) is 12.2 Å². The smallest absolute Gasteiger partial charge is 0.394 e. The van der Waals surface area contributed by atoms with Crippen molar-refractivity contribution in [3.63, 3.8) is 0 Å². The van der Waals surface area contributed by atoms with Crippen molar-refractivity contribution >= 4 is 11.9 Å². The Balaban J connectivity index is 3.96.